The molecular formula is C15H17FN2O2S. The molecule has 6 heteroatoms. The lowest BCUT2D eigenvalue weighted by Crippen LogP contribution is -2.27. The lowest BCUT2D eigenvalue weighted by atomic mass is 10.1. The van der Waals surface area contributed by atoms with Gasteiger partial charge in [-0.15, -0.1) is 11.3 Å². The van der Waals surface area contributed by atoms with Gasteiger partial charge in [0.15, 0.2) is 0 Å². The van der Waals surface area contributed by atoms with Crippen LogP contribution in [0.15, 0.2) is 30.3 Å². The number of nitro groups is 1. The van der Waals surface area contributed by atoms with E-state index in [1.807, 2.05) is 6.92 Å². The fourth-order valence-corrected chi connectivity index (χ4v) is 3.12. The summed E-state index contributed by atoms with van der Waals surface area (Å²) in [5, 5.41) is 13.9. The smallest absolute Gasteiger partial charge is 0.305 e. The molecule has 1 unspecified atom stereocenters. The molecule has 0 saturated carbocycles. The fourth-order valence-electron chi connectivity index (χ4n) is 2.10. The van der Waals surface area contributed by atoms with Crippen LogP contribution in [0.1, 0.15) is 22.2 Å². The van der Waals surface area contributed by atoms with Crippen molar-refractivity contribution < 1.29 is 9.31 Å². The zero-order valence-corrected chi connectivity index (χ0v) is 12.7. The van der Waals surface area contributed by atoms with E-state index in [9.17, 15) is 14.5 Å². The van der Waals surface area contributed by atoms with Crippen LogP contribution in [0, 0.1) is 22.9 Å². The van der Waals surface area contributed by atoms with E-state index in [1.165, 1.54) is 21.9 Å². The Hall–Kier alpha value is -1.79. The third-order valence-electron chi connectivity index (χ3n) is 3.20. The standard InChI is InChI=1S/C15H17FN2O2S/c1-10(8-13-7-6-11(2)21-13)17-9-12-4-3-5-14(15(12)16)18(19)20/h3-7,10,17H,8-9H2,1-2H3. The maximum absolute atomic E-state index is 13.9. The molecule has 1 heterocycles. The third-order valence-corrected chi connectivity index (χ3v) is 4.22. The van der Waals surface area contributed by atoms with Crippen molar-refractivity contribution in [2.75, 3.05) is 0 Å². The highest BCUT2D eigenvalue weighted by Gasteiger charge is 2.17. The molecule has 112 valence electrons. The molecule has 0 fully saturated rings. The number of nitro benzene ring substituents is 1. The van der Waals surface area contributed by atoms with E-state index in [0.717, 1.165) is 6.42 Å². The van der Waals surface area contributed by atoms with Crippen molar-refractivity contribution in [1.29, 1.82) is 0 Å². The Balaban J connectivity index is 1.96. The predicted octanol–water partition coefficient (Wildman–Crippen LogP) is 3.82. The van der Waals surface area contributed by atoms with Crippen molar-refractivity contribution in [3.63, 3.8) is 0 Å². The van der Waals surface area contributed by atoms with Crippen LogP contribution in [0.5, 0.6) is 0 Å². The first kappa shape index (κ1) is 15.6. The topological polar surface area (TPSA) is 55.2 Å². The molecule has 0 aliphatic carbocycles. The summed E-state index contributed by atoms with van der Waals surface area (Å²) in [5.41, 5.74) is -0.158. The van der Waals surface area contributed by atoms with Crippen LogP contribution >= 0.6 is 11.3 Å². The van der Waals surface area contributed by atoms with Crippen molar-refractivity contribution in [1.82, 2.24) is 5.32 Å². The van der Waals surface area contributed by atoms with Gasteiger partial charge < -0.3 is 5.32 Å². The van der Waals surface area contributed by atoms with Gasteiger partial charge in [-0.1, -0.05) is 12.1 Å². The van der Waals surface area contributed by atoms with Crippen molar-refractivity contribution in [3.8, 4) is 0 Å². The number of thiophene rings is 1. The predicted molar refractivity (Wildman–Crippen MR) is 82.1 cm³/mol. The summed E-state index contributed by atoms with van der Waals surface area (Å²) in [6.07, 6.45) is 0.856. The highest BCUT2D eigenvalue weighted by Crippen LogP contribution is 2.20. The normalized spacial score (nSPS) is 12.3. The number of hydrogen-bond acceptors (Lipinski definition) is 4. The molecule has 0 aliphatic heterocycles. The molecule has 0 radical (unpaired) electrons. The van der Waals surface area contributed by atoms with Gasteiger partial charge in [0, 0.05) is 34.0 Å². The first-order valence-electron chi connectivity index (χ1n) is 6.68. The average molecular weight is 308 g/mol. The first-order chi connectivity index (χ1) is 9.97. The summed E-state index contributed by atoms with van der Waals surface area (Å²) >= 11 is 1.74. The Morgan fingerprint density at radius 1 is 1.38 bits per heavy atom. The van der Waals surface area contributed by atoms with Crippen LogP contribution < -0.4 is 5.32 Å². The number of benzene rings is 1. The number of hydrogen-bond donors (Lipinski definition) is 1. The van der Waals surface area contributed by atoms with Crippen LogP contribution in [-0.4, -0.2) is 11.0 Å². The van der Waals surface area contributed by atoms with Crippen molar-refractivity contribution in [2.24, 2.45) is 0 Å². The highest BCUT2D eigenvalue weighted by molar-refractivity contribution is 7.11. The Bertz CT molecular complexity index is 642. The highest BCUT2D eigenvalue weighted by atomic mass is 32.1. The molecule has 4 nitrogen and oxygen atoms in total. The van der Waals surface area contributed by atoms with E-state index in [1.54, 1.807) is 17.4 Å². The Morgan fingerprint density at radius 3 is 2.76 bits per heavy atom. The molecule has 1 aromatic heterocycles. The van der Waals surface area contributed by atoms with Gasteiger partial charge in [-0.05, 0) is 32.4 Å². The van der Waals surface area contributed by atoms with E-state index in [2.05, 4.69) is 24.4 Å². The molecule has 0 aliphatic rings. The maximum atomic E-state index is 13.9. The van der Waals surface area contributed by atoms with E-state index in [-0.39, 0.29) is 12.6 Å². The quantitative estimate of drug-likeness (QED) is 0.652. The summed E-state index contributed by atoms with van der Waals surface area (Å²) in [7, 11) is 0. The zero-order chi connectivity index (χ0) is 15.4. The second-order valence-electron chi connectivity index (χ2n) is 5.01. The molecular weight excluding hydrogens is 291 g/mol. The van der Waals surface area contributed by atoms with E-state index in [0.29, 0.717) is 5.56 Å². The number of halogens is 1. The summed E-state index contributed by atoms with van der Waals surface area (Å²) in [4.78, 5) is 12.5. The summed E-state index contributed by atoms with van der Waals surface area (Å²) in [6.45, 7) is 4.36. The van der Waals surface area contributed by atoms with Crippen molar-refractivity contribution in [3.05, 3.63) is 61.6 Å². The minimum Gasteiger partial charge on any atom is -0.310 e. The molecule has 0 saturated heterocycles. The van der Waals surface area contributed by atoms with Gasteiger partial charge in [-0.3, -0.25) is 10.1 Å². The van der Waals surface area contributed by atoms with Gasteiger partial charge in [-0.25, -0.2) is 0 Å². The van der Waals surface area contributed by atoms with Crippen LogP contribution in [0.2, 0.25) is 0 Å². The number of rotatable bonds is 6. The number of aryl methyl sites for hydroxylation is 1. The largest absolute Gasteiger partial charge is 0.310 e. The maximum Gasteiger partial charge on any atom is 0.305 e. The molecule has 2 aromatic rings. The minimum atomic E-state index is -0.755. The minimum absolute atomic E-state index is 0.168. The molecule has 1 aromatic carbocycles. The Kier molecular flexibility index (Phi) is 5.03. The second-order valence-corrected chi connectivity index (χ2v) is 6.38. The lowest BCUT2D eigenvalue weighted by Gasteiger charge is -2.13. The van der Waals surface area contributed by atoms with Gasteiger partial charge in [0.1, 0.15) is 0 Å². The average Bonchev–Trinajstić information content (AvgIpc) is 2.82. The van der Waals surface area contributed by atoms with Gasteiger partial charge in [0.2, 0.25) is 5.82 Å². The summed E-state index contributed by atoms with van der Waals surface area (Å²) in [5.74, 6) is -0.755. The fraction of sp³-hybridized carbons (Fsp3) is 0.333. The van der Waals surface area contributed by atoms with Gasteiger partial charge >= 0.3 is 5.69 Å². The van der Waals surface area contributed by atoms with Crippen LogP contribution in [0.3, 0.4) is 0 Å². The Labute approximate surface area is 126 Å². The van der Waals surface area contributed by atoms with Gasteiger partial charge in [0.05, 0.1) is 4.92 Å². The molecule has 21 heavy (non-hydrogen) atoms. The number of nitrogens with one attached hydrogen (secondary N) is 1. The molecule has 1 N–H and O–H groups in total. The Morgan fingerprint density at radius 2 is 2.14 bits per heavy atom. The van der Waals surface area contributed by atoms with E-state index >= 15 is 0 Å². The monoisotopic (exact) mass is 308 g/mol. The SMILES string of the molecule is Cc1ccc(CC(C)NCc2cccc([N+](=O)[O-])c2F)s1. The zero-order valence-electron chi connectivity index (χ0n) is 11.9. The van der Waals surface area contributed by atoms with Gasteiger partial charge in [0.25, 0.3) is 0 Å². The molecule has 0 amide bonds. The molecule has 1 atom stereocenters. The molecule has 2 rings (SSSR count). The van der Waals surface area contributed by atoms with Crippen molar-refractivity contribution >= 4 is 17.0 Å². The van der Waals surface area contributed by atoms with E-state index in [4.69, 9.17) is 0 Å². The van der Waals surface area contributed by atoms with Gasteiger partial charge in [-0.2, -0.15) is 4.39 Å². The summed E-state index contributed by atoms with van der Waals surface area (Å²) in [6, 6.07) is 8.58. The van der Waals surface area contributed by atoms with Crippen molar-refractivity contribution in [2.45, 2.75) is 32.9 Å². The molecule has 0 bridgehead atoms. The lowest BCUT2D eigenvalue weighted by molar-refractivity contribution is -0.387. The van der Waals surface area contributed by atoms with E-state index < -0.39 is 16.4 Å². The van der Waals surface area contributed by atoms with Crippen LogP contribution in [0.25, 0.3) is 0 Å². The second kappa shape index (κ2) is 6.78. The van der Waals surface area contributed by atoms with Crippen LogP contribution in [0.4, 0.5) is 10.1 Å². The van der Waals surface area contributed by atoms with Crippen LogP contribution in [-0.2, 0) is 13.0 Å². The number of nitrogens with zero attached hydrogens (tertiary/aromatic N) is 1. The third kappa shape index (κ3) is 4.09. The first-order valence-corrected chi connectivity index (χ1v) is 7.49. The molecule has 0 spiro atoms. The summed E-state index contributed by atoms with van der Waals surface area (Å²) < 4.78 is 13.9.